The number of rotatable bonds is 3. The fraction of sp³-hybridized carbons (Fsp3) is 0.462. The predicted molar refractivity (Wildman–Crippen MR) is 71.3 cm³/mol. The van der Waals surface area contributed by atoms with E-state index in [1.807, 2.05) is 6.07 Å². The lowest BCUT2D eigenvalue weighted by molar-refractivity contribution is -0.384. The van der Waals surface area contributed by atoms with E-state index in [2.05, 4.69) is 0 Å². The van der Waals surface area contributed by atoms with Gasteiger partial charge >= 0.3 is 0 Å². The molecule has 0 spiro atoms. The zero-order valence-corrected chi connectivity index (χ0v) is 11.0. The van der Waals surface area contributed by atoms with E-state index in [1.54, 1.807) is 24.0 Å². The summed E-state index contributed by atoms with van der Waals surface area (Å²) >= 11 is 0. The number of aliphatic hydroxyl groups is 1. The Morgan fingerprint density at radius 3 is 3.00 bits per heavy atom. The predicted octanol–water partition coefficient (Wildman–Crippen LogP) is 1.38. The molecule has 1 fully saturated rings. The quantitative estimate of drug-likeness (QED) is 0.661. The van der Waals surface area contributed by atoms with Crippen LogP contribution in [0.2, 0.25) is 0 Å². The molecule has 1 unspecified atom stereocenters. The van der Waals surface area contributed by atoms with Crippen LogP contribution in [0.4, 0.5) is 11.4 Å². The number of nitro groups is 1. The molecule has 0 radical (unpaired) electrons. The van der Waals surface area contributed by atoms with Crippen molar-refractivity contribution in [1.29, 1.82) is 5.26 Å². The average molecular weight is 277 g/mol. The molecule has 2 atom stereocenters. The Morgan fingerprint density at radius 1 is 1.65 bits per heavy atom. The largest absolute Gasteiger partial charge is 0.389 e. The van der Waals surface area contributed by atoms with Gasteiger partial charge in [0.15, 0.2) is 6.10 Å². The second-order valence-corrected chi connectivity index (χ2v) is 4.62. The van der Waals surface area contributed by atoms with Gasteiger partial charge in [-0.25, -0.2) is 0 Å². The van der Waals surface area contributed by atoms with E-state index in [0.29, 0.717) is 30.9 Å². The van der Waals surface area contributed by atoms with Crippen LogP contribution in [-0.2, 0) is 4.74 Å². The SMILES string of the molecule is C[C@@H](O)c1ccc(N2CCOC(C#N)C2)c([N+](=O)[O-])c1. The van der Waals surface area contributed by atoms with Gasteiger partial charge in [0.05, 0.1) is 30.2 Å². The van der Waals surface area contributed by atoms with Crippen molar-refractivity contribution in [2.24, 2.45) is 0 Å². The molecule has 0 bridgehead atoms. The van der Waals surface area contributed by atoms with Crippen molar-refractivity contribution < 1.29 is 14.8 Å². The minimum atomic E-state index is -0.765. The first-order valence-corrected chi connectivity index (χ1v) is 6.25. The number of nitrogens with zero attached hydrogens (tertiary/aromatic N) is 3. The Bertz CT molecular complexity index is 553. The van der Waals surface area contributed by atoms with Crippen molar-refractivity contribution in [3.8, 4) is 6.07 Å². The smallest absolute Gasteiger partial charge is 0.292 e. The minimum Gasteiger partial charge on any atom is -0.389 e. The van der Waals surface area contributed by atoms with Crippen molar-refractivity contribution in [3.63, 3.8) is 0 Å². The van der Waals surface area contributed by atoms with Gasteiger partial charge in [0.1, 0.15) is 5.69 Å². The van der Waals surface area contributed by atoms with Crippen LogP contribution < -0.4 is 4.90 Å². The zero-order chi connectivity index (χ0) is 14.7. The fourth-order valence-corrected chi connectivity index (χ4v) is 2.16. The zero-order valence-electron chi connectivity index (χ0n) is 11.0. The van der Waals surface area contributed by atoms with Gasteiger partial charge in [-0.05, 0) is 18.6 Å². The first-order valence-electron chi connectivity index (χ1n) is 6.25. The molecule has 1 aromatic rings. The number of ether oxygens (including phenoxy) is 1. The number of hydrogen-bond acceptors (Lipinski definition) is 6. The summed E-state index contributed by atoms with van der Waals surface area (Å²) in [4.78, 5) is 12.5. The Labute approximate surface area is 116 Å². The van der Waals surface area contributed by atoms with E-state index < -0.39 is 17.1 Å². The molecule has 1 aliphatic heterocycles. The minimum absolute atomic E-state index is 0.0676. The van der Waals surface area contributed by atoms with Gasteiger partial charge < -0.3 is 14.7 Å². The van der Waals surface area contributed by atoms with Crippen LogP contribution in [0.25, 0.3) is 0 Å². The number of nitro benzene ring substituents is 1. The molecular weight excluding hydrogens is 262 g/mol. The molecule has 7 heteroatoms. The van der Waals surface area contributed by atoms with Gasteiger partial charge in [-0.3, -0.25) is 10.1 Å². The van der Waals surface area contributed by atoms with Crippen molar-refractivity contribution in [2.75, 3.05) is 24.6 Å². The molecule has 0 aliphatic carbocycles. The van der Waals surface area contributed by atoms with Gasteiger partial charge in [-0.1, -0.05) is 6.07 Å². The van der Waals surface area contributed by atoms with Crippen LogP contribution in [-0.4, -0.2) is 35.8 Å². The fourth-order valence-electron chi connectivity index (χ4n) is 2.16. The summed E-state index contributed by atoms with van der Waals surface area (Å²) in [5, 5.41) is 29.6. The van der Waals surface area contributed by atoms with Crippen LogP contribution in [0, 0.1) is 21.4 Å². The number of morpholine rings is 1. The summed E-state index contributed by atoms with van der Waals surface area (Å²) in [7, 11) is 0. The maximum atomic E-state index is 11.2. The molecule has 1 aromatic carbocycles. The average Bonchev–Trinajstić information content (AvgIpc) is 2.46. The number of anilines is 1. The number of benzene rings is 1. The molecule has 106 valence electrons. The summed E-state index contributed by atoms with van der Waals surface area (Å²) in [5.41, 5.74) is 0.871. The lowest BCUT2D eigenvalue weighted by Crippen LogP contribution is -2.42. The molecule has 20 heavy (non-hydrogen) atoms. The van der Waals surface area contributed by atoms with Crippen LogP contribution in [0.15, 0.2) is 18.2 Å². The standard InChI is InChI=1S/C13H15N3O4/c1-9(17)10-2-3-12(13(6-10)16(18)19)15-4-5-20-11(7-14)8-15/h2-3,6,9,11,17H,4-5,8H2,1H3/t9-,11?/m1/s1. The molecule has 0 aromatic heterocycles. The van der Waals surface area contributed by atoms with Crippen molar-refractivity contribution >= 4 is 11.4 Å². The van der Waals surface area contributed by atoms with Gasteiger partial charge in [-0.15, -0.1) is 0 Å². The van der Waals surface area contributed by atoms with E-state index in [-0.39, 0.29) is 5.69 Å². The first kappa shape index (κ1) is 14.2. The molecule has 1 N–H and O–H groups in total. The highest BCUT2D eigenvalue weighted by atomic mass is 16.6. The topological polar surface area (TPSA) is 99.6 Å². The van der Waals surface area contributed by atoms with E-state index >= 15 is 0 Å². The molecule has 2 rings (SSSR count). The third-order valence-corrected chi connectivity index (χ3v) is 3.23. The third-order valence-electron chi connectivity index (χ3n) is 3.23. The Balaban J connectivity index is 2.35. The number of hydrogen-bond donors (Lipinski definition) is 1. The van der Waals surface area contributed by atoms with Gasteiger partial charge in [-0.2, -0.15) is 5.26 Å². The van der Waals surface area contributed by atoms with Gasteiger partial charge in [0.2, 0.25) is 0 Å². The monoisotopic (exact) mass is 277 g/mol. The maximum Gasteiger partial charge on any atom is 0.292 e. The molecule has 1 saturated heterocycles. The summed E-state index contributed by atoms with van der Waals surface area (Å²) in [6.45, 7) is 2.70. The summed E-state index contributed by atoms with van der Waals surface area (Å²) in [5.74, 6) is 0. The normalized spacial score (nSPS) is 20.2. The van der Waals surface area contributed by atoms with Crippen molar-refractivity contribution in [3.05, 3.63) is 33.9 Å². The Morgan fingerprint density at radius 2 is 2.40 bits per heavy atom. The molecule has 0 amide bonds. The van der Waals surface area contributed by atoms with Crippen LogP contribution in [0.1, 0.15) is 18.6 Å². The number of nitriles is 1. The Hall–Kier alpha value is -2.17. The third kappa shape index (κ3) is 2.87. The van der Waals surface area contributed by atoms with Gasteiger partial charge in [0, 0.05) is 12.6 Å². The second kappa shape index (κ2) is 5.86. The molecule has 1 aliphatic rings. The lowest BCUT2D eigenvalue weighted by Gasteiger charge is -2.31. The van der Waals surface area contributed by atoms with E-state index in [1.165, 1.54) is 6.07 Å². The van der Waals surface area contributed by atoms with Crippen LogP contribution >= 0.6 is 0 Å². The first-order chi connectivity index (χ1) is 9.52. The number of aliphatic hydroxyl groups excluding tert-OH is 1. The van der Waals surface area contributed by atoms with E-state index in [0.717, 1.165) is 0 Å². The highest BCUT2D eigenvalue weighted by Gasteiger charge is 2.26. The molecule has 0 saturated carbocycles. The van der Waals surface area contributed by atoms with Gasteiger partial charge in [0.25, 0.3) is 5.69 Å². The highest BCUT2D eigenvalue weighted by Crippen LogP contribution is 2.32. The maximum absolute atomic E-state index is 11.2. The molecule has 1 heterocycles. The van der Waals surface area contributed by atoms with Crippen LogP contribution in [0.5, 0.6) is 0 Å². The molecular formula is C13H15N3O4. The highest BCUT2D eigenvalue weighted by molar-refractivity contribution is 5.65. The lowest BCUT2D eigenvalue weighted by atomic mass is 10.1. The van der Waals surface area contributed by atoms with Crippen LogP contribution in [0.3, 0.4) is 0 Å². The van der Waals surface area contributed by atoms with Crippen molar-refractivity contribution in [1.82, 2.24) is 0 Å². The van der Waals surface area contributed by atoms with E-state index in [4.69, 9.17) is 10.00 Å². The Kier molecular flexibility index (Phi) is 4.17. The molecule has 7 nitrogen and oxygen atoms in total. The second-order valence-electron chi connectivity index (χ2n) is 4.62. The summed E-state index contributed by atoms with van der Waals surface area (Å²) in [6.07, 6.45) is -1.35. The summed E-state index contributed by atoms with van der Waals surface area (Å²) < 4.78 is 5.23. The van der Waals surface area contributed by atoms with Crippen molar-refractivity contribution in [2.45, 2.75) is 19.1 Å². The van der Waals surface area contributed by atoms with E-state index in [9.17, 15) is 15.2 Å². The summed E-state index contributed by atoms with van der Waals surface area (Å²) in [6, 6.07) is 6.65.